The van der Waals surface area contributed by atoms with Crippen molar-refractivity contribution in [3.05, 3.63) is 24.3 Å². The number of nitrogens with zero attached hydrogens (tertiary/aromatic N) is 2. The molecule has 0 aromatic heterocycles. The summed E-state index contributed by atoms with van der Waals surface area (Å²) in [6.07, 6.45) is -0.0860. The first-order valence-electron chi connectivity index (χ1n) is 7.66. The molecule has 1 aliphatic heterocycles. The highest BCUT2D eigenvalue weighted by molar-refractivity contribution is 5.93. The Morgan fingerprint density at radius 3 is 2.57 bits per heavy atom. The molecule has 3 N–H and O–H groups in total. The summed E-state index contributed by atoms with van der Waals surface area (Å²) in [5.74, 6) is -2.02. The molecule has 1 aromatic carbocycles. The van der Waals surface area contributed by atoms with E-state index in [-0.39, 0.29) is 18.1 Å². The maximum atomic E-state index is 12.0. The zero-order chi connectivity index (χ0) is 16.8. The van der Waals surface area contributed by atoms with Crippen LogP contribution < -0.4 is 5.32 Å². The fourth-order valence-electron chi connectivity index (χ4n) is 2.59. The number of rotatable bonds is 6. The third kappa shape index (κ3) is 5.54. The number of likely N-dealkylation sites (N-methyl/N-ethyl adjacent to an activating group) is 1. The fraction of sp³-hybridized carbons (Fsp3) is 0.500. The van der Waals surface area contributed by atoms with Crippen LogP contribution >= 0.6 is 0 Å². The molecule has 1 heterocycles. The van der Waals surface area contributed by atoms with E-state index < -0.39 is 11.9 Å². The van der Waals surface area contributed by atoms with Crippen molar-refractivity contribution in [1.29, 1.82) is 0 Å². The number of carbonyl (C=O) groups is 2. The Hall–Kier alpha value is -2.12. The average molecular weight is 321 g/mol. The standard InChI is InChI=1S/C16H23N3O4/c1-18-5-7-19(8-6-18)11-12(16(22)23)9-15(21)17-13-3-2-4-14(20)10-13/h2-4,10,12,20H,5-9,11H2,1H3,(H,17,21)(H,22,23)/t12-/m0/s1. The molecule has 1 aliphatic rings. The molecule has 0 aliphatic carbocycles. The summed E-state index contributed by atoms with van der Waals surface area (Å²) in [6.45, 7) is 3.81. The van der Waals surface area contributed by atoms with Crippen LogP contribution in [0.4, 0.5) is 5.69 Å². The highest BCUT2D eigenvalue weighted by atomic mass is 16.4. The molecule has 0 radical (unpaired) electrons. The van der Waals surface area contributed by atoms with Gasteiger partial charge >= 0.3 is 5.97 Å². The normalized spacial score (nSPS) is 17.6. The summed E-state index contributed by atoms with van der Waals surface area (Å²) in [5.41, 5.74) is 0.457. The van der Waals surface area contributed by atoms with Crippen LogP contribution in [0.3, 0.4) is 0 Å². The van der Waals surface area contributed by atoms with Crippen LogP contribution in [-0.4, -0.2) is 71.7 Å². The number of nitrogens with one attached hydrogen (secondary N) is 1. The van der Waals surface area contributed by atoms with Gasteiger partial charge in [0.1, 0.15) is 5.75 Å². The lowest BCUT2D eigenvalue weighted by Gasteiger charge is -2.33. The number of aliphatic carboxylic acids is 1. The van der Waals surface area contributed by atoms with E-state index in [1.165, 1.54) is 12.1 Å². The van der Waals surface area contributed by atoms with Gasteiger partial charge in [0, 0.05) is 50.9 Å². The number of hydrogen-bond acceptors (Lipinski definition) is 5. The van der Waals surface area contributed by atoms with Gasteiger partial charge in [-0.25, -0.2) is 0 Å². The van der Waals surface area contributed by atoms with Crippen molar-refractivity contribution in [2.45, 2.75) is 6.42 Å². The number of piperazine rings is 1. The minimum atomic E-state index is -0.963. The van der Waals surface area contributed by atoms with Gasteiger partial charge in [-0.15, -0.1) is 0 Å². The second kappa shape index (κ2) is 7.94. The lowest BCUT2D eigenvalue weighted by Crippen LogP contribution is -2.47. The van der Waals surface area contributed by atoms with Crippen LogP contribution in [0.5, 0.6) is 5.75 Å². The van der Waals surface area contributed by atoms with E-state index in [1.54, 1.807) is 12.1 Å². The Balaban J connectivity index is 1.88. The van der Waals surface area contributed by atoms with Crippen LogP contribution in [0.25, 0.3) is 0 Å². The van der Waals surface area contributed by atoms with Crippen molar-refractivity contribution >= 4 is 17.6 Å². The first kappa shape index (κ1) is 17.2. The zero-order valence-corrected chi connectivity index (χ0v) is 13.2. The molecule has 126 valence electrons. The molecule has 1 saturated heterocycles. The molecule has 2 rings (SSSR count). The molecule has 0 unspecified atom stereocenters. The Labute approximate surface area is 135 Å². The highest BCUT2D eigenvalue weighted by Crippen LogP contribution is 2.17. The number of carbonyl (C=O) groups excluding carboxylic acids is 1. The number of benzene rings is 1. The minimum Gasteiger partial charge on any atom is -0.508 e. The van der Waals surface area contributed by atoms with Crippen LogP contribution in [0, 0.1) is 5.92 Å². The number of phenolic OH excluding ortho intramolecular Hbond substituents is 1. The maximum absolute atomic E-state index is 12.0. The number of amides is 1. The first-order valence-corrected chi connectivity index (χ1v) is 7.66. The Morgan fingerprint density at radius 1 is 1.26 bits per heavy atom. The molecule has 0 saturated carbocycles. The van der Waals surface area contributed by atoms with Crippen molar-refractivity contribution in [2.75, 3.05) is 45.1 Å². The van der Waals surface area contributed by atoms with Gasteiger partial charge in [-0.1, -0.05) is 6.07 Å². The predicted molar refractivity (Wildman–Crippen MR) is 86.4 cm³/mol. The number of carboxylic acids is 1. The molecule has 0 spiro atoms. The molecule has 23 heavy (non-hydrogen) atoms. The van der Waals surface area contributed by atoms with Crippen molar-refractivity contribution in [2.24, 2.45) is 5.92 Å². The summed E-state index contributed by atoms with van der Waals surface area (Å²) < 4.78 is 0. The Morgan fingerprint density at radius 2 is 1.96 bits per heavy atom. The fourth-order valence-corrected chi connectivity index (χ4v) is 2.59. The largest absolute Gasteiger partial charge is 0.508 e. The molecule has 0 bridgehead atoms. The number of phenols is 1. The van der Waals surface area contributed by atoms with Crippen LogP contribution in [-0.2, 0) is 9.59 Å². The van der Waals surface area contributed by atoms with E-state index in [0.717, 1.165) is 26.2 Å². The van der Waals surface area contributed by atoms with E-state index in [4.69, 9.17) is 0 Å². The summed E-state index contributed by atoms with van der Waals surface area (Å²) in [6, 6.07) is 6.19. The van der Waals surface area contributed by atoms with Gasteiger partial charge in [-0.05, 0) is 19.2 Å². The van der Waals surface area contributed by atoms with Gasteiger partial charge in [0.05, 0.1) is 5.92 Å². The molecule has 1 atom stereocenters. The van der Waals surface area contributed by atoms with Crippen molar-refractivity contribution < 1.29 is 19.8 Å². The first-order chi connectivity index (χ1) is 10.9. The lowest BCUT2D eigenvalue weighted by atomic mass is 10.0. The van der Waals surface area contributed by atoms with E-state index >= 15 is 0 Å². The van der Waals surface area contributed by atoms with Crippen LogP contribution in [0.1, 0.15) is 6.42 Å². The smallest absolute Gasteiger partial charge is 0.308 e. The van der Waals surface area contributed by atoms with Gasteiger partial charge < -0.3 is 20.4 Å². The topological polar surface area (TPSA) is 93.1 Å². The van der Waals surface area contributed by atoms with E-state index in [2.05, 4.69) is 15.1 Å². The van der Waals surface area contributed by atoms with Gasteiger partial charge in [-0.2, -0.15) is 0 Å². The van der Waals surface area contributed by atoms with Gasteiger partial charge in [-0.3, -0.25) is 14.5 Å². The molecule has 1 fully saturated rings. The van der Waals surface area contributed by atoms with E-state index in [1.807, 2.05) is 7.05 Å². The summed E-state index contributed by atoms with van der Waals surface area (Å²) in [5, 5.41) is 21.4. The predicted octanol–water partition coefficient (Wildman–Crippen LogP) is 0.669. The summed E-state index contributed by atoms with van der Waals surface area (Å²) in [7, 11) is 2.04. The number of aromatic hydroxyl groups is 1. The van der Waals surface area contributed by atoms with Crippen LogP contribution in [0.2, 0.25) is 0 Å². The molecule has 7 heteroatoms. The monoisotopic (exact) mass is 321 g/mol. The van der Waals surface area contributed by atoms with Gasteiger partial charge in [0.2, 0.25) is 5.91 Å². The second-order valence-corrected chi connectivity index (χ2v) is 5.94. The third-order valence-electron chi connectivity index (χ3n) is 3.99. The molecular formula is C16H23N3O4. The average Bonchev–Trinajstić information content (AvgIpc) is 2.48. The molecule has 1 aromatic rings. The van der Waals surface area contributed by atoms with Crippen molar-refractivity contribution in [3.8, 4) is 5.75 Å². The van der Waals surface area contributed by atoms with Gasteiger partial charge in [0.25, 0.3) is 0 Å². The van der Waals surface area contributed by atoms with Gasteiger partial charge in [0.15, 0.2) is 0 Å². The quantitative estimate of drug-likeness (QED) is 0.713. The zero-order valence-electron chi connectivity index (χ0n) is 13.2. The van der Waals surface area contributed by atoms with Crippen LogP contribution in [0.15, 0.2) is 24.3 Å². The highest BCUT2D eigenvalue weighted by Gasteiger charge is 2.25. The van der Waals surface area contributed by atoms with Crippen molar-refractivity contribution in [1.82, 2.24) is 9.80 Å². The SMILES string of the molecule is CN1CCN(C[C@H](CC(=O)Nc2cccc(O)c2)C(=O)O)CC1. The second-order valence-electron chi connectivity index (χ2n) is 5.94. The third-order valence-corrected chi connectivity index (χ3v) is 3.99. The molecular weight excluding hydrogens is 298 g/mol. The van der Waals surface area contributed by atoms with Crippen molar-refractivity contribution in [3.63, 3.8) is 0 Å². The molecule has 1 amide bonds. The van der Waals surface area contributed by atoms with E-state index in [9.17, 15) is 19.8 Å². The Kier molecular flexibility index (Phi) is 5.95. The minimum absolute atomic E-state index is 0.0509. The lowest BCUT2D eigenvalue weighted by molar-refractivity contribution is -0.144. The number of anilines is 1. The number of hydrogen-bond donors (Lipinski definition) is 3. The molecule has 7 nitrogen and oxygen atoms in total. The Bertz CT molecular complexity index is 556. The van der Waals surface area contributed by atoms with E-state index in [0.29, 0.717) is 12.2 Å². The summed E-state index contributed by atoms with van der Waals surface area (Å²) >= 11 is 0. The maximum Gasteiger partial charge on any atom is 0.308 e. The number of carboxylic acid groups (broad SMARTS) is 1. The summed E-state index contributed by atoms with van der Waals surface area (Å²) in [4.78, 5) is 27.8.